The van der Waals surface area contributed by atoms with Crippen molar-refractivity contribution in [3.8, 4) is 0 Å². The highest BCUT2D eigenvalue weighted by atomic mass is 35.5. The molecule has 20 heavy (non-hydrogen) atoms. The average Bonchev–Trinajstić information content (AvgIpc) is 2.75. The first-order valence-corrected chi connectivity index (χ1v) is 8.12. The Labute approximate surface area is 125 Å². The molecule has 1 saturated carbocycles. The van der Waals surface area contributed by atoms with E-state index < -0.39 is 9.84 Å². The summed E-state index contributed by atoms with van der Waals surface area (Å²) in [7, 11) is -3.26. The highest BCUT2D eigenvalue weighted by Crippen LogP contribution is 2.25. The summed E-state index contributed by atoms with van der Waals surface area (Å²) in [6, 6.07) is 6.38. The van der Waals surface area contributed by atoms with Crippen LogP contribution in [-0.2, 0) is 14.6 Å². The molecule has 112 valence electrons. The van der Waals surface area contributed by atoms with Gasteiger partial charge in [0, 0.05) is 23.9 Å². The van der Waals surface area contributed by atoms with Gasteiger partial charge in [-0.25, -0.2) is 8.42 Å². The van der Waals surface area contributed by atoms with Crippen molar-refractivity contribution < 1.29 is 13.2 Å². The third kappa shape index (κ3) is 4.19. The third-order valence-electron chi connectivity index (χ3n) is 3.37. The molecule has 0 aliphatic heterocycles. The number of anilines is 1. The van der Waals surface area contributed by atoms with Crippen LogP contribution >= 0.6 is 12.4 Å². The third-order valence-corrected chi connectivity index (χ3v) is 4.48. The fourth-order valence-electron chi connectivity index (χ4n) is 2.30. The van der Waals surface area contributed by atoms with Crippen molar-refractivity contribution >= 4 is 33.8 Å². The van der Waals surface area contributed by atoms with E-state index in [4.69, 9.17) is 5.73 Å². The smallest absolute Gasteiger partial charge is 0.227 e. The molecular weight excluding hydrogens is 300 g/mol. The van der Waals surface area contributed by atoms with E-state index in [1.807, 2.05) is 0 Å². The molecule has 0 bridgehead atoms. The van der Waals surface area contributed by atoms with Crippen molar-refractivity contribution in [2.45, 2.75) is 30.2 Å². The van der Waals surface area contributed by atoms with E-state index in [2.05, 4.69) is 5.32 Å². The van der Waals surface area contributed by atoms with E-state index in [-0.39, 0.29) is 35.2 Å². The van der Waals surface area contributed by atoms with Gasteiger partial charge in [-0.05, 0) is 37.5 Å². The summed E-state index contributed by atoms with van der Waals surface area (Å²) in [6.45, 7) is 0. The van der Waals surface area contributed by atoms with Gasteiger partial charge in [0.15, 0.2) is 9.84 Å². The first-order chi connectivity index (χ1) is 8.86. The minimum Gasteiger partial charge on any atom is -0.328 e. The predicted molar refractivity (Wildman–Crippen MR) is 80.7 cm³/mol. The van der Waals surface area contributed by atoms with Crippen LogP contribution in [0.15, 0.2) is 29.2 Å². The standard InChI is InChI=1S/C13H18N2O3S.ClH/c1-19(17,18)12-4-2-3-11(8-12)15-13(16)9-5-6-10(14)7-9;/h2-4,8-10H,5-7,14H2,1H3,(H,15,16);1H. The second-order valence-electron chi connectivity index (χ2n) is 5.06. The molecule has 2 atom stereocenters. The summed E-state index contributed by atoms with van der Waals surface area (Å²) in [5, 5.41) is 2.76. The van der Waals surface area contributed by atoms with Crippen molar-refractivity contribution in [3.63, 3.8) is 0 Å². The number of carbonyl (C=O) groups excluding carboxylic acids is 1. The van der Waals surface area contributed by atoms with Crippen LogP contribution in [0.25, 0.3) is 0 Å². The van der Waals surface area contributed by atoms with Gasteiger partial charge >= 0.3 is 0 Å². The lowest BCUT2D eigenvalue weighted by Gasteiger charge is -2.11. The molecule has 0 spiro atoms. The van der Waals surface area contributed by atoms with Crippen LogP contribution in [0.4, 0.5) is 5.69 Å². The maximum absolute atomic E-state index is 12.0. The van der Waals surface area contributed by atoms with E-state index in [1.54, 1.807) is 12.1 Å². The lowest BCUT2D eigenvalue weighted by molar-refractivity contribution is -0.119. The van der Waals surface area contributed by atoms with Crippen molar-refractivity contribution in [3.05, 3.63) is 24.3 Å². The Bertz CT molecular complexity index is 589. The van der Waals surface area contributed by atoms with E-state index in [1.165, 1.54) is 12.1 Å². The lowest BCUT2D eigenvalue weighted by atomic mass is 10.1. The molecule has 0 radical (unpaired) electrons. The van der Waals surface area contributed by atoms with Crippen LogP contribution in [0.2, 0.25) is 0 Å². The summed E-state index contributed by atoms with van der Waals surface area (Å²) >= 11 is 0. The van der Waals surface area contributed by atoms with Crippen molar-refractivity contribution in [2.24, 2.45) is 11.7 Å². The summed E-state index contributed by atoms with van der Waals surface area (Å²) in [6.07, 6.45) is 3.49. The zero-order chi connectivity index (χ0) is 14.0. The van der Waals surface area contributed by atoms with Gasteiger partial charge in [-0.1, -0.05) is 6.07 Å². The maximum Gasteiger partial charge on any atom is 0.227 e. The number of carbonyl (C=O) groups is 1. The Morgan fingerprint density at radius 3 is 2.60 bits per heavy atom. The largest absolute Gasteiger partial charge is 0.328 e. The molecule has 2 rings (SSSR count). The highest BCUT2D eigenvalue weighted by Gasteiger charge is 2.27. The second-order valence-corrected chi connectivity index (χ2v) is 7.08. The molecule has 5 nitrogen and oxygen atoms in total. The van der Waals surface area contributed by atoms with Crippen LogP contribution < -0.4 is 11.1 Å². The van der Waals surface area contributed by atoms with E-state index in [9.17, 15) is 13.2 Å². The zero-order valence-corrected chi connectivity index (χ0v) is 12.8. The van der Waals surface area contributed by atoms with Gasteiger partial charge in [-0.15, -0.1) is 12.4 Å². The summed E-state index contributed by atoms with van der Waals surface area (Å²) in [4.78, 5) is 12.2. The number of benzene rings is 1. The normalized spacial score (nSPS) is 22.1. The van der Waals surface area contributed by atoms with E-state index >= 15 is 0 Å². The van der Waals surface area contributed by atoms with Crippen molar-refractivity contribution in [2.75, 3.05) is 11.6 Å². The van der Waals surface area contributed by atoms with Crippen LogP contribution in [0.5, 0.6) is 0 Å². The first-order valence-electron chi connectivity index (χ1n) is 6.23. The van der Waals surface area contributed by atoms with E-state index in [0.29, 0.717) is 12.1 Å². The fourth-order valence-corrected chi connectivity index (χ4v) is 2.97. The Morgan fingerprint density at radius 2 is 2.05 bits per heavy atom. The molecule has 2 unspecified atom stereocenters. The number of nitrogens with one attached hydrogen (secondary N) is 1. The zero-order valence-electron chi connectivity index (χ0n) is 11.2. The Morgan fingerprint density at radius 1 is 1.35 bits per heavy atom. The second kappa shape index (κ2) is 6.56. The van der Waals surface area contributed by atoms with Crippen molar-refractivity contribution in [1.82, 2.24) is 0 Å². The fraction of sp³-hybridized carbons (Fsp3) is 0.462. The Hall–Kier alpha value is -1.11. The van der Waals surface area contributed by atoms with Gasteiger partial charge in [0.2, 0.25) is 5.91 Å². The quantitative estimate of drug-likeness (QED) is 0.885. The number of halogens is 1. The summed E-state index contributed by atoms with van der Waals surface area (Å²) in [5.41, 5.74) is 6.29. The lowest BCUT2D eigenvalue weighted by Crippen LogP contribution is -2.23. The minimum absolute atomic E-state index is 0. The molecule has 1 amide bonds. The molecule has 0 saturated heterocycles. The molecule has 1 aliphatic rings. The molecule has 0 aromatic heterocycles. The number of hydrogen-bond acceptors (Lipinski definition) is 4. The van der Waals surface area contributed by atoms with Gasteiger partial charge in [0.1, 0.15) is 0 Å². The SMILES string of the molecule is CS(=O)(=O)c1cccc(NC(=O)C2CCC(N)C2)c1.Cl. The number of amides is 1. The molecule has 1 fully saturated rings. The van der Waals surface area contributed by atoms with E-state index in [0.717, 1.165) is 19.1 Å². The Kier molecular flexibility index (Phi) is 5.56. The number of hydrogen-bond donors (Lipinski definition) is 2. The molecule has 1 aliphatic carbocycles. The van der Waals surface area contributed by atoms with Crippen LogP contribution in [0.1, 0.15) is 19.3 Å². The van der Waals surface area contributed by atoms with Crippen LogP contribution in [0, 0.1) is 5.92 Å². The summed E-state index contributed by atoms with van der Waals surface area (Å²) < 4.78 is 22.9. The molecular formula is C13H19ClN2O3S. The monoisotopic (exact) mass is 318 g/mol. The molecule has 0 heterocycles. The molecule has 3 N–H and O–H groups in total. The van der Waals surface area contributed by atoms with Gasteiger partial charge in [0.05, 0.1) is 4.90 Å². The van der Waals surface area contributed by atoms with Crippen LogP contribution in [-0.4, -0.2) is 26.6 Å². The van der Waals surface area contributed by atoms with Gasteiger partial charge in [0.25, 0.3) is 0 Å². The topological polar surface area (TPSA) is 89.3 Å². The summed E-state index contributed by atoms with van der Waals surface area (Å²) in [5.74, 6) is -0.157. The van der Waals surface area contributed by atoms with Gasteiger partial charge in [-0.3, -0.25) is 4.79 Å². The van der Waals surface area contributed by atoms with Crippen molar-refractivity contribution in [1.29, 1.82) is 0 Å². The molecule has 1 aromatic rings. The number of nitrogens with two attached hydrogens (primary N) is 1. The van der Waals surface area contributed by atoms with Gasteiger partial charge < -0.3 is 11.1 Å². The van der Waals surface area contributed by atoms with Gasteiger partial charge in [-0.2, -0.15) is 0 Å². The minimum atomic E-state index is -3.26. The molecule has 7 heteroatoms. The highest BCUT2D eigenvalue weighted by molar-refractivity contribution is 7.90. The number of sulfone groups is 1. The number of rotatable bonds is 3. The Balaban J connectivity index is 0.00000200. The molecule has 1 aromatic carbocycles. The predicted octanol–water partition coefficient (Wildman–Crippen LogP) is 1.58. The average molecular weight is 319 g/mol. The maximum atomic E-state index is 12.0. The van der Waals surface area contributed by atoms with Crippen LogP contribution in [0.3, 0.4) is 0 Å². The first kappa shape index (κ1) is 16.9.